The van der Waals surface area contributed by atoms with Gasteiger partial charge in [-0.15, -0.1) is 0 Å². The molecule has 1 aliphatic carbocycles. The summed E-state index contributed by atoms with van der Waals surface area (Å²) in [4.78, 5) is 22.6. The number of benzene rings is 1. The average Bonchev–Trinajstić information content (AvgIpc) is 2.96. The number of amides is 1. The predicted octanol–water partition coefficient (Wildman–Crippen LogP) is 4.37. The number of hydrogen-bond acceptors (Lipinski definition) is 6. The molecule has 7 nitrogen and oxygen atoms in total. The standard InChI is InChI=1S/C33H50F2N6O/c1-25-20-26(2)30(39-21-25)24-41(17-7-6-15-36)23-28-22-40(19-16-38-28)18-10-29(27-8-4-3-5-9-27)32(31(37)42)11-13-33(34,35)14-12-32/h3-5,8-9,20-21,28-29,38H,6-7,10-19,22-24,36H2,1-2H3,(H2,37,42)/t28-,29+/m1/s1. The number of unbranched alkanes of at least 4 members (excludes halogenated alkanes) is 1. The Balaban J connectivity index is 1.43. The van der Waals surface area contributed by atoms with Gasteiger partial charge in [-0.2, -0.15) is 0 Å². The number of nitrogens with zero attached hydrogens (tertiary/aromatic N) is 3. The third kappa shape index (κ3) is 8.56. The summed E-state index contributed by atoms with van der Waals surface area (Å²) >= 11 is 0. The molecule has 9 heteroatoms. The third-order valence-corrected chi connectivity index (χ3v) is 9.41. The summed E-state index contributed by atoms with van der Waals surface area (Å²) < 4.78 is 28.4. The van der Waals surface area contributed by atoms with E-state index in [0.29, 0.717) is 13.0 Å². The SMILES string of the molecule is Cc1cnc(CN(CCCCN)C[C@H]2CN(CC[C@@H](c3ccccc3)C3(C(N)=O)CCC(F)(F)CC3)CCN2)c(C)c1. The first-order chi connectivity index (χ1) is 20.1. The fourth-order valence-electron chi connectivity index (χ4n) is 6.95. The minimum atomic E-state index is -2.73. The molecule has 1 saturated heterocycles. The van der Waals surface area contributed by atoms with Crippen LogP contribution in [0.5, 0.6) is 0 Å². The van der Waals surface area contributed by atoms with Crippen molar-refractivity contribution in [2.75, 3.05) is 45.8 Å². The summed E-state index contributed by atoms with van der Waals surface area (Å²) in [5, 5.41) is 3.71. The summed E-state index contributed by atoms with van der Waals surface area (Å²) in [5.74, 6) is -3.36. The Morgan fingerprint density at radius 2 is 1.90 bits per heavy atom. The van der Waals surface area contributed by atoms with Crippen molar-refractivity contribution in [3.05, 3.63) is 65.0 Å². The maximum atomic E-state index is 14.2. The van der Waals surface area contributed by atoms with Crippen LogP contribution in [0.15, 0.2) is 42.6 Å². The highest BCUT2D eigenvalue weighted by atomic mass is 19.3. The van der Waals surface area contributed by atoms with E-state index in [1.807, 2.05) is 36.5 Å². The fourth-order valence-corrected chi connectivity index (χ4v) is 6.95. The molecule has 42 heavy (non-hydrogen) atoms. The van der Waals surface area contributed by atoms with Crippen LogP contribution in [-0.2, 0) is 11.3 Å². The second kappa shape index (κ2) is 14.8. The maximum absolute atomic E-state index is 14.2. The van der Waals surface area contributed by atoms with Crippen LogP contribution < -0.4 is 16.8 Å². The summed E-state index contributed by atoms with van der Waals surface area (Å²) in [5.41, 5.74) is 15.4. The number of pyridine rings is 1. The number of halogens is 2. The van der Waals surface area contributed by atoms with Crippen LogP contribution in [0.2, 0.25) is 0 Å². The van der Waals surface area contributed by atoms with Gasteiger partial charge in [-0.3, -0.25) is 14.7 Å². The average molecular weight is 585 g/mol. The van der Waals surface area contributed by atoms with Gasteiger partial charge in [0.25, 0.3) is 0 Å². The third-order valence-electron chi connectivity index (χ3n) is 9.41. The van der Waals surface area contributed by atoms with E-state index in [1.54, 1.807) is 0 Å². The van der Waals surface area contributed by atoms with Crippen molar-refractivity contribution in [3.63, 3.8) is 0 Å². The van der Waals surface area contributed by atoms with Gasteiger partial charge < -0.3 is 21.7 Å². The number of primary amides is 1. The van der Waals surface area contributed by atoms with Crippen molar-refractivity contribution >= 4 is 5.91 Å². The van der Waals surface area contributed by atoms with Crippen molar-refractivity contribution in [2.45, 2.75) is 83.2 Å². The topological polar surface area (TPSA) is 101 Å². The lowest BCUT2D eigenvalue weighted by atomic mass is 9.61. The second-order valence-electron chi connectivity index (χ2n) is 12.6. The van der Waals surface area contributed by atoms with E-state index in [4.69, 9.17) is 16.5 Å². The minimum Gasteiger partial charge on any atom is -0.369 e. The molecule has 2 atom stereocenters. The molecule has 5 N–H and O–H groups in total. The van der Waals surface area contributed by atoms with Crippen molar-refractivity contribution < 1.29 is 13.6 Å². The van der Waals surface area contributed by atoms with Gasteiger partial charge in [0.2, 0.25) is 11.8 Å². The van der Waals surface area contributed by atoms with Gasteiger partial charge in [0, 0.05) is 57.8 Å². The first kappa shape index (κ1) is 32.5. The molecule has 2 aromatic rings. The molecule has 1 aromatic carbocycles. The number of aryl methyl sites for hydroxylation is 2. The molecular weight excluding hydrogens is 534 g/mol. The van der Waals surface area contributed by atoms with Crippen molar-refractivity contribution in [1.29, 1.82) is 0 Å². The number of hydrogen-bond donors (Lipinski definition) is 3. The zero-order chi connectivity index (χ0) is 30.2. The molecule has 1 saturated carbocycles. The van der Waals surface area contributed by atoms with Crippen molar-refractivity contribution in [3.8, 4) is 0 Å². The Kier molecular flexibility index (Phi) is 11.5. The Labute approximate surface area is 250 Å². The molecule has 232 valence electrons. The van der Waals surface area contributed by atoms with Gasteiger partial charge in [0.1, 0.15) is 0 Å². The van der Waals surface area contributed by atoms with Crippen LogP contribution in [0.1, 0.15) is 73.2 Å². The molecular formula is C33H50F2N6O. The molecule has 2 heterocycles. The van der Waals surface area contributed by atoms with Crippen LogP contribution in [0.3, 0.4) is 0 Å². The quantitative estimate of drug-likeness (QED) is 0.285. The zero-order valence-corrected chi connectivity index (χ0v) is 25.5. The van der Waals surface area contributed by atoms with Crippen LogP contribution in [0.25, 0.3) is 0 Å². The number of aromatic nitrogens is 1. The van der Waals surface area contributed by atoms with Crippen LogP contribution in [-0.4, -0.2) is 78.5 Å². The Bertz CT molecular complexity index is 1140. The number of alkyl halides is 2. The lowest BCUT2D eigenvalue weighted by Crippen LogP contribution is -2.55. The summed E-state index contributed by atoms with van der Waals surface area (Å²) in [6.07, 6.45) is 4.37. The zero-order valence-electron chi connectivity index (χ0n) is 25.5. The van der Waals surface area contributed by atoms with Crippen molar-refractivity contribution in [2.24, 2.45) is 16.9 Å². The highest BCUT2D eigenvalue weighted by Crippen LogP contribution is 2.52. The smallest absolute Gasteiger partial charge is 0.248 e. The number of nitrogens with one attached hydrogen (secondary N) is 1. The lowest BCUT2D eigenvalue weighted by Gasteiger charge is -2.44. The molecule has 0 radical (unpaired) electrons. The molecule has 2 fully saturated rings. The Morgan fingerprint density at radius 3 is 2.57 bits per heavy atom. The highest BCUT2D eigenvalue weighted by Gasteiger charge is 2.51. The second-order valence-corrected chi connectivity index (χ2v) is 12.6. The normalized spacial score (nSPS) is 21.3. The van der Waals surface area contributed by atoms with Gasteiger partial charge in [-0.1, -0.05) is 36.4 Å². The van der Waals surface area contributed by atoms with E-state index < -0.39 is 17.2 Å². The van der Waals surface area contributed by atoms with Crippen molar-refractivity contribution in [1.82, 2.24) is 20.1 Å². The van der Waals surface area contributed by atoms with E-state index in [0.717, 1.165) is 69.9 Å². The van der Waals surface area contributed by atoms with Crippen LogP contribution in [0, 0.1) is 19.3 Å². The van der Waals surface area contributed by atoms with E-state index in [2.05, 4.69) is 35.0 Å². The number of carbonyl (C=O) groups excluding carboxylic acids is 1. The van der Waals surface area contributed by atoms with E-state index >= 15 is 0 Å². The lowest BCUT2D eigenvalue weighted by molar-refractivity contribution is -0.138. The van der Waals surface area contributed by atoms with E-state index in [9.17, 15) is 13.6 Å². The molecule has 1 aromatic heterocycles. The van der Waals surface area contributed by atoms with Crippen LogP contribution >= 0.6 is 0 Å². The number of carbonyl (C=O) groups is 1. The van der Waals surface area contributed by atoms with Gasteiger partial charge in [0.15, 0.2) is 0 Å². The molecule has 0 spiro atoms. The first-order valence-electron chi connectivity index (χ1n) is 15.6. The van der Waals surface area contributed by atoms with E-state index in [-0.39, 0.29) is 37.6 Å². The van der Waals surface area contributed by atoms with E-state index in [1.165, 1.54) is 11.1 Å². The maximum Gasteiger partial charge on any atom is 0.248 e. The molecule has 0 bridgehead atoms. The van der Waals surface area contributed by atoms with Gasteiger partial charge in [-0.25, -0.2) is 8.78 Å². The number of piperazine rings is 1. The Hall–Kier alpha value is -2.46. The molecule has 0 unspecified atom stereocenters. The monoisotopic (exact) mass is 584 g/mol. The summed E-state index contributed by atoms with van der Waals surface area (Å²) in [6, 6.07) is 12.4. The van der Waals surface area contributed by atoms with Gasteiger partial charge in [0.05, 0.1) is 11.1 Å². The fraction of sp³-hybridized carbons (Fsp3) is 0.636. The summed E-state index contributed by atoms with van der Waals surface area (Å²) in [6.45, 7) is 11.0. The predicted molar refractivity (Wildman–Crippen MR) is 164 cm³/mol. The highest BCUT2D eigenvalue weighted by molar-refractivity contribution is 5.82. The number of rotatable bonds is 14. The van der Waals surface area contributed by atoms with Gasteiger partial charge >= 0.3 is 0 Å². The molecule has 2 aliphatic rings. The molecule has 1 amide bonds. The summed E-state index contributed by atoms with van der Waals surface area (Å²) in [7, 11) is 0. The first-order valence-corrected chi connectivity index (χ1v) is 15.6. The van der Waals surface area contributed by atoms with Crippen LogP contribution in [0.4, 0.5) is 8.78 Å². The Morgan fingerprint density at radius 1 is 1.17 bits per heavy atom. The van der Waals surface area contributed by atoms with Gasteiger partial charge in [-0.05, 0) is 88.2 Å². The molecule has 4 rings (SSSR count). The largest absolute Gasteiger partial charge is 0.369 e. The number of nitrogens with two attached hydrogens (primary N) is 2. The minimum absolute atomic E-state index is 0.128. The molecule has 1 aliphatic heterocycles.